The highest BCUT2D eigenvalue weighted by molar-refractivity contribution is 8.80. The van der Waals surface area contributed by atoms with E-state index in [1.165, 1.54) is 0 Å². The lowest BCUT2D eigenvalue weighted by molar-refractivity contribution is 2.27. The van der Waals surface area contributed by atoms with Crippen LogP contribution in [0.5, 0.6) is 0 Å². The molecule has 0 aliphatic carbocycles. The molecular formula is C4Cl6S2. The van der Waals surface area contributed by atoms with Gasteiger partial charge in [0.05, 0.1) is 0 Å². The summed E-state index contributed by atoms with van der Waals surface area (Å²) in [7, 11) is 2.12. The fourth-order valence-corrected chi connectivity index (χ4v) is 2.93. The summed E-state index contributed by atoms with van der Waals surface area (Å²) in [5.74, 6) is 0. The molecule has 0 atom stereocenters. The van der Waals surface area contributed by atoms with Gasteiger partial charge in [-0.15, -0.1) is 0 Å². The fraction of sp³-hybridized carbons (Fsp3) is 0. The zero-order chi connectivity index (χ0) is 9.72. The molecule has 0 heterocycles. The molecule has 0 aliphatic rings. The van der Waals surface area contributed by atoms with E-state index in [0.717, 1.165) is 21.6 Å². The molecule has 70 valence electrons. The molecule has 0 amide bonds. The monoisotopic (exact) mass is 322 g/mol. The molecule has 0 N–H and O–H groups in total. The van der Waals surface area contributed by atoms with Crippen molar-refractivity contribution in [3.8, 4) is 0 Å². The number of halogens is 6. The average Bonchev–Trinajstić information content (AvgIpc) is 1.98. The molecular weight excluding hydrogens is 325 g/mol. The van der Waals surface area contributed by atoms with Gasteiger partial charge < -0.3 is 0 Å². The lowest BCUT2D eigenvalue weighted by Gasteiger charge is -1.97. The Hall–Kier alpha value is 1.92. The van der Waals surface area contributed by atoms with Crippen LogP contribution in [0.25, 0.3) is 0 Å². The third-order valence-electron chi connectivity index (χ3n) is 0.485. The Balaban J connectivity index is 4.03. The van der Waals surface area contributed by atoms with Gasteiger partial charge in [-0.3, -0.25) is 0 Å². The summed E-state index contributed by atoms with van der Waals surface area (Å²) in [6.07, 6.45) is 0. The van der Waals surface area contributed by atoms with E-state index in [4.69, 9.17) is 69.6 Å². The second kappa shape index (κ2) is 7.24. The first-order valence-corrected chi connectivity index (χ1v) is 6.63. The van der Waals surface area contributed by atoms with Crippen LogP contribution in [0.1, 0.15) is 0 Å². The summed E-state index contributed by atoms with van der Waals surface area (Å²) < 4.78 is 0.390. The standard InChI is InChI=1S/C4Cl6S2/c5-1(6)3(9)11-12-4(10)2(7)8. The van der Waals surface area contributed by atoms with Crippen LogP contribution in [-0.2, 0) is 0 Å². The van der Waals surface area contributed by atoms with E-state index in [9.17, 15) is 0 Å². The second-order valence-electron chi connectivity index (χ2n) is 1.23. The molecule has 0 nitrogen and oxygen atoms in total. The van der Waals surface area contributed by atoms with E-state index in [1.807, 2.05) is 0 Å². The highest BCUT2D eigenvalue weighted by atomic mass is 35.5. The zero-order valence-electron chi connectivity index (χ0n) is 5.08. The normalized spacial score (nSPS) is 9.50. The minimum Gasteiger partial charge on any atom is -0.0732 e. The van der Waals surface area contributed by atoms with Crippen molar-refractivity contribution in [2.45, 2.75) is 0 Å². The molecule has 0 aromatic carbocycles. The lowest BCUT2D eigenvalue weighted by atomic mass is 11.2. The Kier molecular flexibility index (Phi) is 8.40. The molecule has 0 aliphatic heterocycles. The summed E-state index contributed by atoms with van der Waals surface area (Å²) in [6.45, 7) is 0. The molecule has 0 saturated carbocycles. The Bertz CT molecular complexity index is 190. The van der Waals surface area contributed by atoms with Crippen molar-refractivity contribution in [3.05, 3.63) is 17.7 Å². The fourth-order valence-electron chi connectivity index (χ4n) is 0.136. The van der Waals surface area contributed by atoms with Crippen LogP contribution in [-0.4, -0.2) is 0 Å². The van der Waals surface area contributed by atoms with Gasteiger partial charge in [-0.05, 0) is 21.6 Å². The lowest BCUT2D eigenvalue weighted by Crippen LogP contribution is -1.62. The number of rotatable bonds is 3. The first-order chi connectivity index (χ1) is 5.45. The van der Waals surface area contributed by atoms with Crippen LogP contribution in [0.2, 0.25) is 0 Å². The maximum Gasteiger partial charge on any atom is 0.132 e. The van der Waals surface area contributed by atoms with Gasteiger partial charge in [0.1, 0.15) is 17.7 Å². The van der Waals surface area contributed by atoms with Crippen LogP contribution in [0.3, 0.4) is 0 Å². The van der Waals surface area contributed by atoms with Crippen molar-refractivity contribution in [1.82, 2.24) is 0 Å². The SMILES string of the molecule is ClC(Cl)=C(Cl)SSC(Cl)=C(Cl)Cl. The number of hydrogen-bond acceptors (Lipinski definition) is 2. The largest absolute Gasteiger partial charge is 0.132 e. The van der Waals surface area contributed by atoms with Crippen molar-refractivity contribution >= 4 is 91.2 Å². The predicted molar refractivity (Wildman–Crippen MR) is 64.4 cm³/mol. The van der Waals surface area contributed by atoms with E-state index in [1.54, 1.807) is 0 Å². The molecule has 12 heavy (non-hydrogen) atoms. The van der Waals surface area contributed by atoms with Gasteiger partial charge in [0.25, 0.3) is 0 Å². The molecule has 0 saturated heterocycles. The summed E-state index contributed by atoms with van der Waals surface area (Å²) in [5.41, 5.74) is 0. The molecule has 0 unspecified atom stereocenters. The van der Waals surface area contributed by atoms with Crippen molar-refractivity contribution < 1.29 is 0 Å². The molecule has 0 radical (unpaired) electrons. The van der Waals surface area contributed by atoms with Crippen LogP contribution in [0, 0.1) is 0 Å². The van der Waals surface area contributed by atoms with Crippen LogP contribution in [0.15, 0.2) is 17.7 Å². The first kappa shape index (κ1) is 13.9. The van der Waals surface area contributed by atoms with Gasteiger partial charge in [0.2, 0.25) is 0 Å². The summed E-state index contributed by atoms with van der Waals surface area (Å²) in [6, 6.07) is 0. The van der Waals surface area contributed by atoms with Crippen LogP contribution >= 0.6 is 91.2 Å². The maximum atomic E-state index is 5.55. The predicted octanol–water partition coefficient (Wildman–Crippen LogP) is 6.05. The van der Waals surface area contributed by atoms with E-state index in [0.29, 0.717) is 0 Å². The Labute approximate surface area is 108 Å². The molecule has 0 rings (SSSR count). The topological polar surface area (TPSA) is 0 Å². The van der Waals surface area contributed by atoms with Crippen molar-refractivity contribution in [2.24, 2.45) is 0 Å². The molecule has 0 fully saturated rings. The van der Waals surface area contributed by atoms with Crippen LogP contribution < -0.4 is 0 Å². The summed E-state index contributed by atoms with van der Waals surface area (Å²) >= 11 is 32.5. The number of hydrogen-bond donors (Lipinski definition) is 0. The van der Waals surface area contributed by atoms with Crippen molar-refractivity contribution in [2.75, 3.05) is 0 Å². The molecule has 0 aromatic rings. The highest BCUT2D eigenvalue weighted by Gasteiger charge is 2.05. The van der Waals surface area contributed by atoms with Crippen LogP contribution in [0.4, 0.5) is 0 Å². The van der Waals surface area contributed by atoms with Gasteiger partial charge in [-0.2, -0.15) is 0 Å². The van der Waals surface area contributed by atoms with Crippen molar-refractivity contribution in [1.29, 1.82) is 0 Å². The van der Waals surface area contributed by atoms with E-state index < -0.39 is 0 Å². The molecule has 0 aromatic heterocycles. The van der Waals surface area contributed by atoms with Gasteiger partial charge in [0, 0.05) is 0 Å². The van der Waals surface area contributed by atoms with E-state index >= 15 is 0 Å². The van der Waals surface area contributed by atoms with Gasteiger partial charge >= 0.3 is 0 Å². The zero-order valence-corrected chi connectivity index (χ0v) is 11.3. The molecule has 8 heteroatoms. The third kappa shape index (κ3) is 6.39. The van der Waals surface area contributed by atoms with E-state index in [-0.39, 0.29) is 17.7 Å². The quantitative estimate of drug-likeness (QED) is 0.579. The molecule has 0 spiro atoms. The minimum absolute atomic E-state index is 0.0238. The van der Waals surface area contributed by atoms with Gasteiger partial charge in [0.15, 0.2) is 0 Å². The minimum atomic E-state index is -0.0238. The third-order valence-corrected chi connectivity index (χ3v) is 5.50. The Morgan fingerprint density at radius 1 is 0.583 bits per heavy atom. The first-order valence-electron chi connectivity index (χ1n) is 2.21. The Morgan fingerprint density at radius 2 is 0.833 bits per heavy atom. The van der Waals surface area contributed by atoms with E-state index in [2.05, 4.69) is 0 Å². The van der Waals surface area contributed by atoms with Crippen molar-refractivity contribution in [3.63, 3.8) is 0 Å². The smallest absolute Gasteiger partial charge is 0.0732 e. The van der Waals surface area contributed by atoms with Gasteiger partial charge in [-0.25, -0.2) is 0 Å². The summed E-state index contributed by atoms with van der Waals surface area (Å²) in [5, 5.41) is 0. The highest BCUT2D eigenvalue weighted by Crippen LogP contribution is 2.44. The molecule has 0 bridgehead atoms. The average molecular weight is 325 g/mol. The second-order valence-corrected chi connectivity index (χ2v) is 6.49. The maximum absolute atomic E-state index is 5.55. The van der Waals surface area contributed by atoms with Gasteiger partial charge in [-0.1, -0.05) is 69.6 Å². The summed E-state index contributed by atoms with van der Waals surface area (Å²) in [4.78, 5) is 0. The Morgan fingerprint density at radius 3 is 1.00 bits per heavy atom.